The van der Waals surface area contributed by atoms with E-state index in [4.69, 9.17) is 4.74 Å². The summed E-state index contributed by atoms with van der Waals surface area (Å²) in [5.41, 5.74) is 1.12. The zero-order valence-corrected chi connectivity index (χ0v) is 13.7. The van der Waals surface area contributed by atoms with Crippen LogP contribution in [0.3, 0.4) is 0 Å². The van der Waals surface area contributed by atoms with Crippen molar-refractivity contribution in [1.82, 2.24) is 10.6 Å². The Morgan fingerprint density at radius 1 is 1.14 bits per heavy atom. The van der Waals surface area contributed by atoms with Crippen molar-refractivity contribution < 1.29 is 9.53 Å². The number of halogens is 1. The standard InChI is InChI=1S/C17H24N2O2.ClH/c20-17(14-11-18-12-14)19-10-13-6-8-16(9-7-13)21-15-4-2-1-3-5-15;/h6-9,14-15,18H,1-5,10-12H2,(H,19,20);1H. The maximum atomic E-state index is 11.8. The Kier molecular flexibility index (Phi) is 6.52. The van der Waals surface area contributed by atoms with Crippen molar-refractivity contribution in [1.29, 1.82) is 0 Å². The van der Waals surface area contributed by atoms with Gasteiger partial charge in [-0.25, -0.2) is 0 Å². The van der Waals surface area contributed by atoms with E-state index in [1.807, 2.05) is 24.3 Å². The summed E-state index contributed by atoms with van der Waals surface area (Å²) in [6.45, 7) is 2.21. The Labute approximate surface area is 138 Å². The number of benzene rings is 1. The minimum atomic E-state index is 0. The predicted octanol–water partition coefficient (Wildman–Crippen LogP) is 2.66. The first-order valence-electron chi connectivity index (χ1n) is 8.05. The largest absolute Gasteiger partial charge is 0.490 e. The van der Waals surface area contributed by atoms with Crippen molar-refractivity contribution in [2.75, 3.05) is 13.1 Å². The molecule has 4 nitrogen and oxygen atoms in total. The second-order valence-corrected chi connectivity index (χ2v) is 6.09. The normalized spacial score (nSPS) is 18.9. The third-order valence-corrected chi connectivity index (χ3v) is 4.40. The topological polar surface area (TPSA) is 50.4 Å². The molecule has 2 fully saturated rings. The molecule has 1 saturated carbocycles. The fraction of sp³-hybridized carbons (Fsp3) is 0.588. The summed E-state index contributed by atoms with van der Waals surface area (Å²) in [6.07, 6.45) is 6.64. The highest BCUT2D eigenvalue weighted by molar-refractivity contribution is 5.85. The molecule has 1 aliphatic heterocycles. The molecule has 0 unspecified atom stereocenters. The molecule has 2 N–H and O–H groups in total. The molecule has 0 spiro atoms. The smallest absolute Gasteiger partial charge is 0.225 e. The van der Waals surface area contributed by atoms with Gasteiger partial charge in [-0.15, -0.1) is 12.4 Å². The van der Waals surface area contributed by atoms with E-state index in [2.05, 4.69) is 10.6 Å². The second kappa shape index (κ2) is 8.39. The number of hydrogen-bond acceptors (Lipinski definition) is 3. The summed E-state index contributed by atoms with van der Waals surface area (Å²) >= 11 is 0. The van der Waals surface area contributed by atoms with Gasteiger partial charge in [0.2, 0.25) is 5.91 Å². The minimum Gasteiger partial charge on any atom is -0.490 e. The molecule has 1 amide bonds. The molecule has 2 aliphatic rings. The lowest BCUT2D eigenvalue weighted by atomic mass is 9.98. The Morgan fingerprint density at radius 2 is 1.82 bits per heavy atom. The number of hydrogen-bond donors (Lipinski definition) is 2. The summed E-state index contributed by atoms with van der Waals surface area (Å²) in [5.74, 6) is 1.25. The predicted molar refractivity (Wildman–Crippen MR) is 89.4 cm³/mol. The second-order valence-electron chi connectivity index (χ2n) is 6.09. The minimum absolute atomic E-state index is 0. The summed E-state index contributed by atoms with van der Waals surface area (Å²) in [5, 5.41) is 6.09. The van der Waals surface area contributed by atoms with Crippen molar-refractivity contribution in [3.63, 3.8) is 0 Å². The third kappa shape index (κ3) is 4.62. The number of ether oxygens (including phenoxy) is 1. The van der Waals surface area contributed by atoms with Gasteiger partial charge in [-0.05, 0) is 43.4 Å². The number of nitrogens with one attached hydrogen (secondary N) is 2. The van der Waals surface area contributed by atoms with Crippen LogP contribution >= 0.6 is 12.4 Å². The highest BCUT2D eigenvalue weighted by atomic mass is 35.5. The van der Waals surface area contributed by atoms with E-state index in [-0.39, 0.29) is 24.2 Å². The van der Waals surface area contributed by atoms with Crippen molar-refractivity contribution >= 4 is 18.3 Å². The molecule has 1 saturated heterocycles. The fourth-order valence-corrected chi connectivity index (χ4v) is 2.87. The van der Waals surface area contributed by atoms with E-state index < -0.39 is 0 Å². The molecule has 1 aliphatic carbocycles. The first kappa shape index (κ1) is 17.1. The van der Waals surface area contributed by atoms with E-state index in [9.17, 15) is 4.79 Å². The molecular formula is C17H25ClN2O2. The molecular weight excluding hydrogens is 300 g/mol. The van der Waals surface area contributed by atoms with Gasteiger partial charge in [-0.3, -0.25) is 4.79 Å². The van der Waals surface area contributed by atoms with Crippen LogP contribution in [0.25, 0.3) is 0 Å². The van der Waals surface area contributed by atoms with Crippen molar-refractivity contribution in [2.24, 2.45) is 5.92 Å². The molecule has 1 heterocycles. The highest BCUT2D eigenvalue weighted by Gasteiger charge is 2.24. The summed E-state index contributed by atoms with van der Waals surface area (Å²) in [4.78, 5) is 11.8. The molecule has 0 atom stereocenters. The molecule has 0 radical (unpaired) electrons. The maximum absolute atomic E-state index is 11.8. The van der Waals surface area contributed by atoms with Gasteiger partial charge in [0.15, 0.2) is 0 Å². The van der Waals surface area contributed by atoms with Gasteiger partial charge in [0.05, 0.1) is 12.0 Å². The number of rotatable bonds is 5. The maximum Gasteiger partial charge on any atom is 0.225 e. The van der Waals surface area contributed by atoms with Gasteiger partial charge >= 0.3 is 0 Å². The van der Waals surface area contributed by atoms with Crippen molar-refractivity contribution in [3.05, 3.63) is 29.8 Å². The van der Waals surface area contributed by atoms with Gasteiger partial charge in [-0.2, -0.15) is 0 Å². The van der Waals surface area contributed by atoms with Gasteiger partial charge in [-0.1, -0.05) is 18.6 Å². The van der Waals surface area contributed by atoms with E-state index in [0.29, 0.717) is 12.6 Å². The van der Waals surface area contributed by atoms with Crippen LogP contribution in [0, 0.1) is 5.92 Å². The highest BCUT2D eigenvalue weighted by Crippen LogP contribution is 2.23. The van der Waals surface area contributed by atoms with Crippen molar-refractivity contribution in [3.8, 4) is 5.75 Å². The van der Waals surface area contributed by atoms with Crippen LogP contribution in [-0.2, 0) is 11.3 Å². The first-order chi connectivity index (χ1) is 10.3. The van der Waals surface area contributed by atoms with Crippen LogP contribution in [0.15, 0.2) is 24.3 Å². The van der Waals surface area contributed by atoms with Crippen LogP contribution in [-0.4, -0.2) is 25.1 Å². The Morgan fingerprint density at radius 3 is 2.41 bits per heavy atom. The lowest BCUT2D eigenvalue weighted by molar-refractivity contribution is -0.126. The average Bonchev–Trinajstić information content (AvgIpc) is 2.46. The number of amides is 1. The average molecular weight is 325 g/mol. The van der Waals surface area contributed by atoms with Gasteiger partial charge < -0.3 is 15.4 Å². The monoisotopic (exact) mass is 324 g/mol. The first-order valence-corrected chi connectivity index (χ1v) is 8.05. The van der Waals surface area contributed by atoms with Gasteiger partial charge in [0, 0.05) is 19.6 Å². The van der Waals surface area contributed by atoms with E-state index in [0.717, 1.165) is 24.4 Å². The van der Waals surface area contributed by atoms with Crippen LogP contribution in [0.1, 0.15) is 37.7 Å². The molecule has 0 aromatic heterocycles. The Hall–Kier alpha value is -1.26. The molecule has 1 aromatic carbocycles. The molecule has 5 heteroatoms. The van der Waals surface area contributed by atoms with Crippen LogP contribution in [0.2, 0.25) is 0 Å². The Balaban J connectivity index is 0.00000176. The number of carbonyl (C=O) groups is 1. The van der Waals surface area contributed by atoms with Gasteiger partial charge in [0.1, 0.15) is 5.75 Å². The SMILES string of the molecule is Cl.O=C(NCc1ccc(OC2CCCCC2)cc1)C1CNC1. The summed E-state index contributed by atoms with van der Waals surface area (Å²) in [6, 6.07) is 8.11. The Bertz CT molecular complexity index is 468. The molecule has 1 aromatic rings. The van der Waals surface area contributed by atoms with Crippen LogP contribution < -0.4 is 15.4 Å². The molecule has 0 bridgehead atoms. The summed E-state index contributed by atoms with van der Waals surface area (Å²) in [7, 11) is 0. The molecule has 3 rings (SSSR count). The van der Waals surface area contributed by atoms with E-state index in [1.54, 1.807) is 0 Å². The lowest BCUT2D eigenvalue weighted by Gasteiger charge is -2.25. The zero-order chi connectivity index (χ0) is 14.5. The van der Waals surface area contributed by atoms with Crippen LogP contribution in [0.4, 0.5) is 0 Å². The third-order valence-electron chi connectivity index (χ3n) is 4.40. The van der Waals surface area contributed by atoms with Gasteiger partial charge in [0.25, 0.3) is 0 Å². The zero-order valence-electron chi connectivity index (χ0n) is 12.8. The van der Waals surface area contributed by atoms with E-state index >= 15 is 0 Å². The lowest BCUT2D eigenvalue weighted by Crippen LogP contribution is -2.50. The number of carbonyl (C=O) groups excluding carboxylic acids is 1. The van der Waals surface area contributed by atoms with E-state index in [1.165, 1.54) is 32.1 Å². The molecule has 22 heavy (non-hydrogen) atoms. The quantitative estimate of drug-likeness (QED) is 0.875. The molecule has 122 valence electrons. The fourth-order valence-electron chi connectivity index (χ4n) is 2.87. The summed E-state index contributed by atoms with van der Waals surface area (Å²) < 4.78 is 6.01. The van der Waals surface area contributed by atoms with Crippen molar-refractivity contribution in [2.45, 2.75) is 44.8 Å². The van der Waals surface area contributed by atoms with Crippen LogP contribution in [0.5, 0.6) is 5.75 Å².